The van der Waals surface area contributed by atoms with Crippen LogP contribution >= 0.6 is 23.2 Å². The monoisotopic (exact) mass is 1870 g/mol. The van der Waals surface area contributed by atoms with E-state index in [1.54, 1.807) is 19.6 Å². The summed E-state index contributed by atoms with van der Waals surface area (Å²) in [7, 11) is 0. The lowest BCUT2D eigenvalue weighted by Gasteiger charge is -2.25. The zero-order valence-corrected chi connectivity index (χ0v) is 82.3. The second-order valence-corrected chi connectivity index (χ2v) is 35.6. The number of amides is 4. The Bertz CT molecular complexity index is 4990. The highest BCUT2D eigenvalue weighted by molar-refractivity contribution is 6.33. The molecule has 0 radical (unpaired) electrons. The highest BCUT2D eigenvalue weighted by Gasteiger charge is 2.33. The standard InChI is InChI=1S/2C27H33ClN2O4.2C27H34N2O4/c2*1-18-15-19(2)26(28)23-16-22(29-34-17-24(31)30-20(3)12-13-21(30)4)11-9-7-5-6-8-10-14-33-27(32)25(18)23;2*1-19-15-20(2)26-23(16-19)17-24(11-9-7-5-6-8-10-14-32-27(26)31)28-33-18-25(30)29-21(3)12-13-22(29)4/h2*6,8-9,11-13,15,20-21H,5,7,10,14,16-17H2,1-4H3;2*6,8-9,11-13,15-16,21-22H,5,7,10,14,17-18H2,1-4H3/b8-6+,11-9+,29-22+;8-6+,11-9+,29-22-;8-6+,11-9+,28-24+;8-6+,11-9+,28-24-. The fraction of sp³-hybridized carbons (Fsp3) is 0.444. The lowest BCUT2D eigenvalue weighted by Crippen LogP contribution is -2.41. The molecule has 8 heterocycles. The number of benzene rings is 4. The number of cyclic esters (lactones) is 4. The molecule has 0 saturated carbocycles. The Morgan fingerprint density at radius 3 is 0.769 bits per heavy atom. The van der Waals surface area contributed by atoms with E-state index in [1.807, 2.05) is 257 Å². The van der Waals surface area contributed by atoms with Gasteiger partial charge in [-0.1, -0.05) is 213 Å². The summed E-state index contributed by atoms with van der Waals surface area (Å²) in [6, 6.07) is 12.1. The van der Waals surface area contributed by atoms with Crippen LogP contribution in [0, 0.1) is 55.4 Å². The number of oxime groups is 4. The Morgan fingerprint density at radius 1 is 0.299 bits per heavy atom. The van der Waals surface area contributed by atoms with Crippen LogP contribution < -0.4 is 0 Å². The zero-order chi connectivity index (χ0) is 96.9. The van der Waals surface area contributed by atoms with Crippen LogP contribution in [0.2, 0.25) is 10.0 Å². The number of rotatable bonds is 12. The summed E-state index contributed by atoms with van der Waals surface area (Å²) >= 11 is 13.3. The van der Waals surface area contributed by atoms with Crippen molar-refractivity contribution in [1.29, 1.82) is 0 Å². The third-order valence-corrected chi connectivity index (χ3v) is 24.7. The molecule has 4 amide bonds. The van der Waals surface area contributed by atoms with Crippen molar-refractivity contribution >= 4 is 93.6 Å². The molecule has 0 aromatic heterocycles. The number of fused-ring (bicyclic) bond motifs is 4. The van der Waals surface area contributed by atoms with Crippen LogP contribution in [0.15, 0.2) is 203 Å². The van der Waals surface area contributed by atoms with E-state index in [1.165, 1.54) is 0 Å². The average Bonchev–Trinajstić information content (AvgIpc) is 1.00. The van der Waals surface area contributed by atoms with E-state index in [4.69, 9.17) is 61.5 Å². The summed E-state index contributed by atoms with van der Waals surface area (Å²) in [6.07, 6.45) is 59.3. The van der Waals surface area contributed by atoms with Crippen LogP contribution in [-0.4, -0.2) is 191 Å². The minimum absolute atomic E-state index is 0.0312. The van der Waals surface area contributed by atoms with Gasteiger partial charge in [-0.05, 0) is 268 Å². The third kappa shape index (κ3) is 31.6. The average molecular weight is 1870 g/mol. The van der Waals surface area contributed by atoms with Crippen molar-refractivity contribution in [2.45, 2.75) is 262 Å². The highest BCUT2D eigenvalue weighted by atomic mass is 35.5. The maximum absolute atomic E-state index is 12.9. The maximum atomic E-state index is 12.9. The van der Waals surface area contributed by atoms with E-state index in [0.29, 0.717) is 131 Å². The van der Waals surface area contributed by atoms with Gasteiger partial charge in [0.15, 0.2) is 26.4 Å². The minimum Gasteiger partial charge on any atom is -0.462 e. The summed E-state index contributed by atoms with van der Waals surface area (Å²) in [4.78, 5) is 131. The molecule has 8 unspecified atom stereocenters. The molecule has 8 aliphatic rings. The van der Waals surface area contributed by atoms with Crippen molar-refractivity contribution in [3.05, 3.63) is 281 Å². The molecule has 0 spiro atoms. The van der Waals surface area contributed by atoms with Crippen LogP contribution in [0.5, 0.6) is 0 Å². The molecule has 4 aromatic rings. The van der Waals surface area contributed by atoms with Gasteiger partial charge in [0.2, 0.25) is 0 Å². The molecule has 26 heteroatoms. The van der Waals surface area contributed by atoms with Crippen LogP contribution in [0.3, 0.4) is 0 Å². The molecule has 24 nitrogen and oxygen atoms in total. The molecule has 134 heavy (non-hydrogen) atoms. The Morgan fingerprint density at radius 2 is 0.515 bits per heavy atom. The van der Waals surface area contributed by atoms with Gasteiger partial charge in [-0.15, -0.1) is 0 Å². The van der Waals surface area contributed by atoms with Gasteiger partial charge < -0.3 is 57.9 Å². The first-order valence-electron chi connectivity index (χ1n) is 46.8. The summed E-state index contributed by atoms with van der Waals surface area (Å²) in [5, 5.41) is 18.1. The van der Waals surface area contributed by atoms with Gasteiger partial charge in [-0.2, -0.15) is 0 Å². The molecule has 716 valence electrons. The molecular weight excluding hydrogens is 1740 g/mol. The fourth-order valence-electron chi connectivity index (χ4n) is 17.3. The molecule has 12 rings (SSSR count). The summed E-state index contributed by atoms with van der Waals surface area (Å²) < 4.78 is 22.1. The van der Waals surface area contributed by atoms with Gasteiger partial charge in [0, 0.05) is 84.1 Å². The third-order valence-electron chi connectivity index (χ3n) is 23.7. The topological polar surface area (TPSA) is 273 Å². The number of carbonyl (C=O) groups is 8. The first-order chi connectivity index (χ1) is 64.3. The highest BCUT2D eigenvalue weighted by Crippen LogP contribution is 2.33. The van der Waals surface area contributed by atoms with Crippen molar-refractivity contribution < 1.29 is 76.7 Å². The van der Waals surface area contributed by atoms with Crippen molar-refractivity contribution in [2.24, 2.45) is 20.6 Å². The zero-order valence-electron chi connectivity index (χ0n) is 80.8. The van der Waals surface area contributed by atoms with Gasteiger partial charge in [0.05, 0.1) is 71.5 Å². The molecule has 8 aliphatic heterocycles. The van der Waals surface area contributed by atoms with Crippen LogP contribution in [-0.2, 0) is 83.2 Å². The molecule has 0 saturated heterocycles. The molecule has 4 aromatic carbocycles. The fourth-order valence-corrected chi connectivity index (χ4v) is 17.7. The molecule has 0 aliphatic carbocycles. The molecule has 0 bridgehead atoms. The van der Waals surface area contributed by atoms with Gasteiger partial charge in [-0.3, -0.25) is 19.2 Å². The first-order valence-corrected chi connectivity index (χ1v) is 47.5. The summed E-state index contributed by atoms with van der Waals surface area (Å²) in [6.45, 7) is 32.0. The number of esters is 4. The second-order valence-electron chi connectivity index (χ2n) is 34.9. The van der Waals surface area contributed by atoms with Crippen molar-refractivity contribution in [1.82, 2.24) is 19.6 Å². The van der Waals surface area contributed by atoms with Crippen molar-refractivity contribution in [2.75, 3.05) is 52.9 Å². The lowest BCUT2D eigenvalue weighted by molar-refractivity contribution is -0.138. The van der Waals surface area contributed by atoms with Crippen LogP contribution in [0.1, 0.15) is 241 Å². The lowest BCUT2D eigenvalue weighted by atomic mass is 9.94. The molecular formula is C108H134Cl2N8O16. The summed E-state index contributed by atoms with van der Waals surface area (Å²) in [5.74, 6) is -1.90. The number of ether oxygens (including phenoxy) is 4. The Kier molecular flexibility index (Phi) is 42.4. The SMILES string of the molecule is Cc1cc(C)c2c(c1)CC(=N/OCC(=O)N1C(C)C=CC1C)/C=C/CC/C=C/CCOC2=O.Cc1cc(C)c2c(c1)CC(=N\OCC(=O)N1C(C)C=CC1C)/C=C/CC/C=C/CCOC2=O.Cc1cc(C)c2c(c1Cl)CC(=N/OCC(=O)N1C(C)C=CC1C)/C=C/CC/C=C/CCOC2=O.Cc1cc(C)c2c(c1Cl)CC(=N\OCC(=O)N1C(C)C=CC1C)/C=C/CC/C=C/CCOC2=O. The Balaban J connectivity index is 0.000000201. The Labute approximate surface area is 801 Å². The first kappa shape index (κ1) is 106. The van der Waals surface area contributed by atoms with E-state index >= 15 is 0 Å². The number of aryl methyl sites for hydroxylation is 8. The second kappa shape index (κ2) is 53.8. The quantitative estimate of drug-likeness (QED) is 0.0552. The van der Waals surface area contributed by atoms with E-state index < -0.39 is 11.9 Å². The number of nitrogens with zero attached hydrogens (tertiary/aromatic N) is 8. The minimum atomic E-state index is -0.399. The number of hydrogen-bond donors (Lipinski definition) is 0. The number of allylic oxidation sites excluding steroid dienone is 12. The molecule has 0 fully saturated rings. The normalized spacial score (nSPS) is 24.5. The predicted molar refractivity (Wildman–Crippen MR) is 531 cm³/mol. The van der Waals surface area contributed by atoms with Gasteiger partial charge >= 0.3 is 23.9 Å². The molecule has 0 N–H and O–H groups in total. The smallest absolute Gasteiger partial charge is 0.338 e. The van der Waals surface area contributed by atoms with Crippen molar-refractivity contribution in [3.63, 3.8) is 0 Å². The number of hydrogen-bond acceptors (Lipinski definition) is 20. The van der Waals surface area contributed by atoms with E-state index in [-0.39, 0.29) is 123 Å². The van der Waals surface area contributed by atoms with Crippen LogP contribution in [0.4, 0.5) is 0 Å². The summed E-state index contributed by atoms with van der Waals surface area (Å²) in [5.41, 5.74) is 14.7. The Hall–Kier alpha value is -12.0. The maximum Gasteiger partial charge on any atom is 0.338 e. The molecule has 8 atom stereocenters. The van der Waals surface area contributed by atoms with E-state index in [2.05, 4.69) is 57.1 Å². The number of halogens is 2. The van der Waals surface area contributed by atoms with Gasteiger partial charge in [0.25, 0.3) is 23.6 Å². The predicted octanol–water partition coefficient (Wildman–Crippen LogP) is 20.7. The van der Waals surface area contributed by atoms with Crippen molar-refractivity contribution in [3.8, 4) is 0 Å². The van der Waals surface area contributed by atoms with Crippen LogP contribution in [0.25, 0.3) is 0 Å². The largest absolute Gasteiger partial charge is 0.462 e. The number of carbonyl (C=O) groups excluding carboxylic acids is 8. The van der Waals surface area contributed by atoms with Gasteiger partial charge in [0.1, 0.15) is 0 Å². The van der Waals surface area contributed by atoms with E-state index in [9.17, 15) is 38.4 Å². The van der Waals surface area contributed by atoms with E-state index in [0.717, 1.165) is 107 Å². The van der Waals surface area contributed by atoms with Gasteiger partial charge in [-0.25, -0.2) is 19.2 Å².